The van der Waals surface area contributed by atoms with Crippen LogP contribution in [-0.4, -0.2) is 47.6 Å². The highest BCUT2D eigenvalue weighted by molar-refractivity contribution is 14.0. The molecule has 3 rings (SSSR count). The van der Waals surface area contributed by atoms with Crippen molar-refractivity contribution in [2.45, 2.75) is 58.2 Å². The minimum atomic E-state index is 0. The molecule has 1 aromatic heterocycles. The molecule has 2 fully saturated rings. The molecule has 6 heteroatoms. The van der Waals surface area contributed by atoms with Crippen molar-refractivity contribution in [2.24, 2.45) is 4.99 Å². The first-order valence-electron chi connectivity index (χ1n) is 8.95. The van der Waals surface area contributed by atoms with E-state index in [4.69, 9.17) is 4.99 Å². The fraction of sp³-hybridized carbons (Fsp3) is 0.667. The molecule has 0 bridgehead atoms. The van der Waals surface area contributed by atoms with Crippen LogP contribution in [0.15, 0.2) is 23.3 Å². The van der Waals surface area contributed by atoms with Crippen LogP contribution in [0.5, 0.6) is 0 Å². The van der Waals surface area contributed by atoms with Gasteiger partial charge in [-0.15, -0.1) is 24.0 Å². The van der Waals surface area contributed by atoms with E-state index in [2.05, 4.69) is 40.4 Å². The number of aryl methyl sites for hydroxylation is 1. The van der Waals surface area contributed by atoms with Gasteiger partial charge in [0.15, 0.2) is 5.96 Å². The lowest BCUT2D eigenvalue weighted by Crippen LogP contribution is -2.49. The lowest BCUT2D eigenvalue weighted by molar-refractivity contribution is 0.197. The SMILES string of the molecule is CCNC(=NCc1ncccc1C)NC1CCN(C2CC2)CC1.I. The zero-order valence-corrected chi connectivity index (χ0v) is 17.1. The number of pyridine rings is 1. The molecule has 2 heterocycles. The number of aromatic nitrogens is 1. The van der Waals surface area contributed by atoms with E-state index in [9.17, 15) is 0 Å². The van der Waals surface area contributed by atoms with Crippen LogP contribution in [0.3, 0.4) is 0 Å². The van der Waals surface area contributed by atoms with Crippen LogP contribution in [0, 0.1) is 6.92 Å². The van der Waals surface area contributed by atoms with Crippen LogP contribution < -0.4 is 10.6 Å². The van der Waals surface area contributed by atoms with Crippen LogP contribution in [-0.2, 0) is 6.54 Å². The number of hydrogen-bond acceptors (Lipinski definition) is 3. The van der Waals surface area contributed by atoms with Gasteiger partial charge in [-0.25, -0.2) is 4.99 Å². The van der Waals surface area contributed by atoms with E-state index in [0.29, 0.717) is 12.6 Å². The summed E-state index contributed by atoms with van der Waals surface area (Å²) in [6.07, 6.45) is 7.08. The number of likely N-dealkylation sites (tertiary alicyclic amines) is 1. The van der Waals surface area contributed by atoms with E-state index in [0.717, 1.165) is 24.2 Å². The molecule has 2 N–H and O–H groups in total. The maximum Gasteiger partial charge on any atom is 0.191 e. The van der Waals surface area contributed by atoms with Crippen LogP contribution in [0.4, 0.5) is 0 Å². The molecule has 0 unspecified atom stereocenters. The smallest absolute Gasteiger partial charge is 0.191 e. The Balaban J connectivity index is 0.00000208. The van der Waals surface area contributed by atoms with Crippen LogP contribution in [0.2, 0.25) is 0 Å². The summed E-state index contributed by atoms with van der Waals surface area (Å²) in [5.74, 6) is 0.919. The van der Waals surface area contributed by atoms with Gasteiger partial charge in [0.25, 0.3) is 0 Å². The molecule has 0 aromatic carbocycles. The molecule has 1 saturated heterocycles. The van der Waals surface area contributed by atoms with Crippen molar-refractivity contribution in [3.05, 3.63) is 29.6 Å². The highest BCUT2D eigenvalue weighted by Crippen LogP contribution is 2.29. The van der Waals surface area contributed by atoms with Gasteiger partial charge < -0.3 is 15.5 Å². The summed E-state index contributed by atoms with van der Waals surface area (Å²) in [5, 5.41) is 6.97. The second kappa shape index (κ2) is 9.56. The minimum Gasteiger partial charge on any atom is -0.357 e. The fourth-order valence-corrected chi connectivity index (χ4v) is 3.20. The molecule has 0 atom stereocenters. The lowest BCUT2D eigenvalue weighted by atomic mass is 10.1. The summed E-state index contributed by atoms with van der Waals surface area (Å²) in [6.45, 7) is 8.16. The number of halogens is 1. The van der Waals surface area contributed by atoms with Crippen LogP contribution >= 0.6 is 24.0 Å². The highest BCUT2D eigenvalue weighted by Gasteiger charge is 2.31. The second-order valence-electron chi connectivity index (χ2n) is 6.65. The Labute approximate surface area is 162 Å². The minimum absolute atomic E-state index is 0. The molecule has 1 aliphatic heterocycles. The molecular formula is C18H30IN5. The standard InChI is InChI=1S/C18H29N5.HI/c1-3-19-18(21-13-17-14(2)5-4-10-20-17)22-15-8-11-23(12-9-15)16-6-7-16;/h4-5,10,15-16H,3,6-9,11-13H2,1-2H3,(H2,19,21,22);1H. The third-order valence-electron chi connectivity index (χ3n) is 4.78. The van der Waals surface area contributed by atoms with Crippen LogP contribution in [0.25, 0.3) is 0 Å². The summed E-state index contributed by atoms with van der Waals surface area (Å²) in [4.78, 5) is 11.8. The average molecular weight is 443 g/mol. The van der Waals surface area contributed by atoms with E-state index in [-0.39, 0.29) is 24.0 Å². The van der Waals surface area contributed by atoms with Gasteiger partial charge in [-0.1, -0.05) is 6.07 Å². The van der Waals surface area contributed by atoms with Gasteiger partial charge >= 0.3 is 0 Å². The Morgan fingerprint density at radius 3 is 2.67 bits per heavy atom. The molecule has 1 saturated carbocycles. The first-order valence-corrected chi connectivity index (χ1v) is 8.95. The van der Waals surface area contributed by atoms with Crippen LogP contribution in [0.1, 0.15) is 43.9 Å². The molecule has 134 valence electrons. The molecule has 5 nitrogen and oxygen atoms in total. The second-order valence-corrected chi connectivity index (χ2v) is 6.65. The molecule has 24 heavy (non-hydrogen) atoms. The van der Waals surface area contributed by atoms with E-state index in [1.807, 2.05) is 12.3 Å². The highest BCUT2D eigenvalue weighted by atomic mass is 127. The summed E-state index contributed by atoms with van der Waals surface area (Å²) < 4.78 is 0. The topological polar surface area (TPSA) is 52.6 Å². The Bertz CT molecular complexity index is 536. The van der Waals surface area contributed by atoms with E-state index >= 15 is 0 Å². The van der Waals surface area contributed by atoms with Gasteiger partial charge in [-0.3, -0.25) is 4.98 Å². The van der Waals surface area contributed by atoms with Crippen molar-refractivity contribution >= 4 is 29.9 Å². The largest absolute Gasteiger partial charge is 0.357 e. The Morgan fingerprint density at radius 2 is 2.04 bits per heavy atom. The maximum absolute atomic E-state index is 4.72. The van der Waals surface area contributed by atoms with Crippen molar-refractivity contribution in [3.8, 4) is 0 Å². The Hall–Kier alpha value is -0.890. The number of piperidine rings is 1. The molecule has 0 radical (unpaired) electrons. The number of guanidine groups is 1. The van der Waals surface area contributed by atoms with Gasteiger partial charge in [-0.05, 0) is 51.2 Å². The van der Waals surface area contributed by atoms with E-state index in [1.54, 1.807) is 0 Å². The Morgan fingerprint density at radius 1 is 1.29 bits per heavy atom. The van der Waals surface area contributed by atoms with Crippen molar-refractivity contribution in [1.82, 2.24) is 20.5 Å². The summed E-state index contributed by atoms with van der Waals surface area (Å²) in [7, 11) is 0. The molecule has 1 aliphatic carbocycles. The molecular weight excluding hydrogens is 413 g/mol. The zero-order valence-electron chi connectivity index (χ0n) is 14.8. The number of rotatable bonds is 5. The lowest BCUT2D eigenvalue weighted by Gasteiger charge is -2.33. The number of hydrogen-bond donors (Lipinski definition) is 2. The van der Waals surface area contributed by atoms with E-state index < -0.39 is 0 Å². The van der Waals surface area contributed by atoms with Crippen molar-refractivity contribution in [1.29, 1.82) is 0 Å². The average Bonchev–Trinajstić information content (AvgIpc) is 3.40. The van der Waals surface area contributed by atoms with Gasteiger partial charge in [0.05, 0.1) is 12.2 Å². The molecule has 0 amide bonds. The fourth-order valence-electron chi connectivity index (χ4n) is 3.20. The molecule has 0 spiro atoms. The predicted molar refractivity (Wildman–Crippen MR) is 110 cm³/mol. The number of nitrogens with zero attached hydrogens (tertiary/aromatic N) is 3. The first kappa shape index (κ1) is 19.4. The monoisotopic (exact) mass is 443 g/mol. The summed E-state index contributed by atoms with van der Waals surface area (Å²) >= 11 is 0. The maximum atomic E-state index is 4.72. The van der Waals surface area contributed by atoms with Crippen molar-refractivity contribution in [2.75, 3.05) is 19.6 Å². The number of nitrogens with one attached hydrogen (secondary N) is 2. The first-order chi connectivity index (χ1) is 11.3. The summed E-state index contributed by atoms with van der Waals surface area (Å²) in [6, 6.07) is 5.49. The van der Waals surface area contributed by atoms with Crippen molar-refractivity contribution < 1.29 is 0 Å². The predicted octanol–water partition coefficient (Wildman–Crippen LogP) is 2.69. The Kier molecular flexibility index (Phi) is 7.74. The van der Waals surface area contributed by atoms with E-state index in [1.165, 1.54) is 44.3 Å². The zero-order chi connectivity index (χ0) is 16.1. The molecule has 1 aromatic rings. The quantitative estimate of drug-likeness (QED) is 0.418. The van der Waals surface area contributed by atoms with Gasteiger partial charge in [0, 0.05) is 37.9 Å². The third kappa shape index (κ3) is 5.58. The summed E-state index contributed by atoms with van der Waals surface area (Å²) in [5.41, 5.74) is 2.25. The van der Waals surface area contributed by atoms with Gasteiger partial charge in [0.1, 0.15) is 0 Å². The third-order valence-corrected chi connectivity index (χ3v) is 4.78. The number of aliphatic imine (C=N–C) groups is 1. The van der Waals surface area contributed by atoms with Gasteiger partial charge in [-0.2, -0.15) is 0 Å². The molecule has 2 aliphatic rings. The van der Waals surface area contributed by atoms with Gasteiger partial charge in [0.2, 0.25) is 0 Å². The normalized spacial score (nSPS) is 19.7. The van der Waals surface area contributed by atoms with Crippen molar-refractivity contribution in [3.63, 3.8) is 0 Å².